The van der Waals surface area contributed by atoms with Crippen molar-refractivity contribution in [1.29, 1.82) is 0 Å². The number of nitrogens with zero attached hydrogens (tertiary/aromatic N) is 3. The monoisotopic (exact) mass is 339 g/mol. The number of aliphatic imine (C=N–C) groups is 1. The van der Waals surface area contributed by atoms with Gasteiger partial charge in [-0.2, -0.15) is 0 Å². The van der Waals surface area contributed by atoms with Crippen molar-refractivity contribution in [2.75, 3.05) is 52.5 Å². The standard InChI is InChI=1S/C17H33N5O2/c1-4-18-17(19-7-5-16(23)20-14(2)3)22-8-6-15(13-22)21-9-11-24-12-10-21/h14-15H,4-13H2,1-3H3,(H,18,19)(H,20,23). The van der Waals surface area contributed by atoms with Gasteiger partial charge in [-0.15, -0.1) is 0 Å². The number of rotatable bonds is 6. The minimum atomic E-state index is 0.0669. The summed E-state index contributed by atoms with van der Waals surface area (Å²) in [5.74, 6) is 1.00. The number of carbonyl (C=O) groups excluding carboxylic acids is 1. The van der Waals surface area contributed by atoms with Crippen LogP contribution < -0.4 is 10.6 Å². The first-order valence-corrected chi connectivity index (χ1v) is 9.24. The fourth-order valence-electron chi connectivity index (χ4n) is 3.26. The van der Waals surface area contributed by atoms with Crippen LogP contribution in [0.5, 0.6) is 0 Å². The Morgan fingerprint density at radius 2 is 2.04 bits per heavy atom. The number of carbonyl (C=O) groups is 1. The number of hydrogen-bond donors (Lipinski definition) is 2. The van der Waals surface area contributed by atoms with Crippen LogP contribution in [0.1, 0.15) is 33.6 Å². The van der Waals surface area contributed by atoms with Gasteiger partial charge < -0.3 is 20.3 Å². The predicted octanol–water partition coefficient (Wildman–Crippen LogP) is 0.273. The minimum Gasteiger partial charge on any atom is -0.379 e. The van der Waals surface area contributed by atoms with Gasteiger partial charge in [0, 0.05) is 51.2 Å². The smallest absolute Gasteiger partial charge is 0.222 e. The van der Waals surface area contributed by atoms with Gasteiger partial charge >= 0.3 is 0 Å². The number of likely N-dealkylation sites (tertiary alicyclic amines) is 1. The molecule has 2 saturated heterocycles. The topological polar surface area (TPSA) is 69.2 Å². The number of hydrogen-bond acceptors (Lipinski definition) is 4. The van der Waals surface area contributed by atoms with Gasteiger partial charge in [-0.1, -0.05) is 0 Å². The molecule has 0 radical (unpaired) electrons. The van der Waals surface area contributed by atoms with E-state index < -0.39 is 0 Å². The first-order chi connectivity index (χ1) is 11.6. The zero-order valence-corrected chi connectivity index (χ0v) is 15.4. The van der Waals surface area contributed by atoms with Crippen LogP contribution in [0.4, 0.5) is 0 Å². The van der Waals surface area contributed by atoms with Crippen molar-refractivity contribution in [1.82, 2.24) is 20.4 Å². The number of ether oxygens (including phenoxy) is 1. The van der Waals surface area contributed by atoms with E-state index in [1.54, 1.807) is 0 Å². The summed E-state index contributed by atoms with van der Waals surface area (Å²) in [6, 6.07) is 0.768. The maximum Gasteiger partial charge on any atom is 0.222 e. The third kappa shape index (κ3) is 5.94. The summed E-state index contributed by atoms with van der Waals surface area (Å²) in [7, 11) is 0. The third-order valence-electron chi connectivity index (χ3n) is 4.41. The van der Waals surface area contributed by atoms with Gasteiger partial charge in [0.25, 0.3) is 0 Å². The van der Waals surface area contributed by atoms with Crippen LogP contribution in [0, 0.1) is 0 Å². The molecule has 7 nitrogen and oxygen atoms in total. The van der Waals surface area contributed by atoms with E-state index >= 15 is 0 Å². The molecule has 1 amide bonds. The summed E-state index contributed by atoms with van der Waals surface area (Å²) in [6.45, 7) is 13.2. The van der Waals surface area contributed by atoms with Crippen molar-refractivity contribution in [3.05, 3.63) is 0 Å². The quantitative estimate of drug-likeness (QED) is 0.537. The fraction of sp³-hybridized carbons (Fsp3) is 0.882. The molecule has 2 fully saturated rings. The molecule has 7 heteroatoms. The van der Waals surface area contributed by atoms with E-state index in [0.29, 0.717) is 19.0 Å². The zero-order chi connectivity index (χ0) is 17.4. The van der Waals surface area contributed by atoms with Gasteiger partial charge in [0.15, 0.2) is 5.96 Å². The predicted molar refractivity (Wildman–Crippen MR) is 96.2 cm³/mol. The number of morpholine rings is 1. The van der Waals surface area contributed by atoms with E-state index in [0.717, 1.165) is 58.3 Å². The Morgan fingerprint density at radius 1 is 1.29 bits per heavy atom. The Balaban J connectivity index is 1.83. The van der Waals surface area contributed by atoms with E-state index in [2.05, 4.69) is 32.3 Å². The molecule has 0 aromatic carbocycles. The van der Waals surface area contributed by atoms with Gasteiger partial charge in [0.2, 0.25) is 5.91 Å². The molecule has 2 rings (SSSR count). The van der Waals surface area contributed by atoms with Gasteiger partial charge in [0.1, 0.15) is 0 Å². The highest BCUT2D eigenvalue weighted by Crippen LogP contribution is 2.17. The Kier molecular flexibility index (Phi) is 7.78. The summed E-state index contributed by atoms with van der Waals surface area (Å²) in [5.41, 5.74) is 0. The SMILES string of the molecule is CCNC(=NCCC(=O)NC(C)C)N1CCC(N2CCOCC2)C1. The second-order valence-electron chi connectivity index (χ2n) is 6.74. The Bertz CT molecular complexity index is 421. The van der Waals surface area contributed by atoms with Gasteiger partial charge in [-0.3, -0.25) is 14.7 Å². The van der Waals surface area contributed by atoms with Crippen LogP contribution in [0.15, 0.2) is 4.99 Å². The van der Waals surface area contributed by atoms with Crippen molar-refractivity contribution in [2.24, 2.45) is 4.99 Å². The molecule has 0 aliphatic carbocycles. The van der Waals surface area contributed by atoms with Crippen molar-refractivity contribution < 1.29 is 9.53 Å². The van der Waals surface area contributed by atoms with Gasteiger partial charge in [-0.05, 0) is 27.2 Å². The lowest BCUT2D eigenvalue weighted by atomic mass is 10.2. The number of nitrogens with one attached hydrogen (secondary N) is 2. The third-order valence-corrected chi connectivity index (χ3v) is 4.41. The highest BCUT2D eigenvalue weighted by atomic mass is 16.5. The first-order valence-electron chi connectivity index (χ1n) is 9.24. The van der Waals surface area contributed by atoms with E-state index in [4.69, 9.17) is 4.74 Å². The van der Waals surface area contributed by atoms with Crippen molar-refractivity contribution >= 4 is 11.9 Å². The first kappa shape index (κ1) is 19.0. The molecule has 24 heavy (non-hydrogen) atoms. The Hall–Kier alpha value is -1.34. The highest BCUT2D eigenvalue weighted by molar-refractivity contribution is 5.81. The number of amides is 1. The molecule has 0 bridgehead atoms. The normalized spacial score (nSPS) is 22.9. The summed E-state index contributed by atoms with van der Waals surface area (Å²) in [5, 5.41) is 6.27. The van der Waals surface area contributed by atoms with Crippen LogP contribution in [0.2, 0.25) is 0 Å². The lowest BCUT2D eigenvalue weighted by Crippen LogP contribution is -2.46. The molecule has 1 unspecified atom stereocenters. The molecule has 138 valence electrons. The Morgan fingerprint density at radius 3 is 2.71 bits per heavy atom. The molecule has 2 heterocycles. The molecule has 0 aromatic heterocycles. The molecular formula is C17H33N5O2. The second-order valence-corrected chi connectivity index (χ2v) is 6.74. The highest BCUT2D eigenvalue weighted by Gasteiger charge is 2.30. The van der Waals surface area contributed by atoms with Crippen LogP contribution in [0.3, 0.4) is 0 Å². The van der Waals surface area contributed by atoms with E-state index in [1.165, 1.54) is 0 Å². The molecule has 1 atom stereocenters. The van der Waals surface area contributed by atoms with Crippen LogP contribution in [-0.4, -0.2) is 86.2 Å². The largest absolute Gasteiger partial charge is 0.379 e. The maximum absolute atomic E-state index is 11.7. The molecule has 0 spiro atoms. The molecule has 2 aliphatic heterocycles. The molecule has 2 aliphatic rings. The number of guanidine groups is 1. The zero-order valence-electron chi connectivity index (χ0n) is 15.4. The van der Waals surface area contributed by atoms with Crippen LogP contribution in [-0.2, 0) is 9.53 Å². The van der Waals surface area contributed by atoms with E-state index in [9.17, 15) is 4.79 Å². The summed E-state index contributed by atoms with van der Waals surface area (Å²) in [4.78, 5) is 21.2. The van der Waals surface area contributed by atoms with Gasteiger partial charge in [-0.25, -0.2) is 0 Å². The lowest BCUT2D eigenvalue weighted by molar-refractivity contribution is -0.121. The van der Waals surface area contributed by atoms with Crippen molar-refractivity contribution in [3.63, 3.8) is 0 Å². The molecular weight excluding hydrogens is 306 g/mol. The summed E-state index contributed by atoms with van der Waals surface area (Å²) in [6.07, 6.45) is 1.60. The maximum atomic E-state index is 11.7. The summed E-state index contributed by atoms with van der Waals surface area (Å²) >= 11 is 0. The molecule has 0 saturated carbocycles. The molecule has 2 N–H and O–H groups in total. The summed E-state index contributed by atoms with van der Waals surface area (Å²) < 4.78 is 5.45. The van der Waals surface area contributed by atoms with E-state index in [-0.39, 0.29) is 11.9 Å². The second kappa shape index (κ2) is 9.84. The molecule has 0 aromatic rings. The van der Waals surface area contributed by atoms with Crippen molar-refractivity contribution in [3.8, 4) is 0 Å². The lowest BCUT2D eigenvalue weighted by Gasteiger charge is -2.32. The van der Waals surface area contributed by atoms with Crippen LogP contribution in [0.25, 0.3) is 0 Å². The minimum absolute atomic E-state index is 0.0669. The van der Waals surface area contributed by atoms with Crippen molar-refractivity contribution in [2.45, 2.75) is 45.7 Å². The Labute approximate surface area is 145 Å². The van der Waals surface area contributed by atoms with E-state index in [1.807, 2.05) is 13.8 Å². The van der Waals surface area contributed by atoms with Gasteiger partial charge in [0.05, 0.1) is 19.8 Å². The van der Waals surface area contributed by atoms with Crippen LogP contribution >= 0.6 is 0 Å². The average molecular weight is 339 g/mol. The fourth-order valence-corrected chi connectivity index (χ4v) is 3.26. The average Bonchev–Trinajstić information content (AvgIpc) is 3.04.